The summed E-state index contributed by atoms with van der Waals surface area (Å²) in [5, 5.41) is 13.8. The Morgan fingerprint density at radius 1 is 1.39 bits per heavy atom. The summed E-state index contributed by atoms with van der Waals surface area (Å²) in [6.07, 6.45) is 1.68. The molecule has 102 valence electrons. The van der Waals surface area contributed by atoms with Crippen LogP contribution in [-0.2, 0) is 0 Å². The molecule has 0 amide bonds. The first-order valence-electron chi connectivity index (χ1n) is 5.20. The van der Waals surface area contributed by atoms with Gasteiger partial charge >= 0.3 is 0 Å². The maximum Gasteiger partial charge on any atom is 0.172 e. The second-order valence-electron chi connectivity index (χ2n) is 4.67. The van der Waals surface area contributed by atoms with Gasteiger partial charge in [-0.15, -0.1) is 12.4 Å². The second kappa shape index (κ2) is 6.85. The molecule has 0 aliphatic carbocycles. The molecule has 0 unspecified atom stereocenters. The lowest BCUT2D eigenvalue weighted by atomic mass is 10.1. The average Bonchev–Trinajstić information content (AvgIpc) is 2.21. The van der Waals surface area contributed by atoms with E-state index in [9.17, 15) is 5.11 Å². The highest BCUT2D eigenvalue weighted by Crippen LogP contribution is 2.34. The predicted molar refractivity (Wildman–Crippen MR) is 80.1 cm³/mol. The lowest BCUT2D eigenvalue weighted by molar-refractivity contribution is 0.372. The first-order valence-corrected chi connectivity index (χ1v) is 5.99. The third kappa shape index (κ3) is 5.14. The maximum atomic E-state index is 9.64. The van der Waals surface area contributed by atoms with Gasteiger partial charge in [0.1, 0.15) is 0 Å². The molecule has 0 aromatic heterocycles. The fourth-order valence-corrected chi connectivity index (χ4v) is 1.58. The minimum absolute atomic E-state index is 0. The normalized spacial score (nSPS) is 11.2. The quantitative estimate of drug-likeness (QED) is 0.657. The summed E-state index contributed by atoms with van der Waals surface area (Å²) in [5.41, 5.74) is 3.75. The van der Waals surface area contributed by atoms with E-state index in [1.807, 2.05) is 20.8 Å². The summed E-state index contributed by atoms with van der Waals surface area (Å²) in [6, 6.07) is 3.49. The maximum absolute atomic E-state index is 9.64. The number of ether oxygens (including phenoxy) is 1. The fraction of sp³-hybridized carbons (Fsp3) is 0.417. The number of rotatable bonds is 3. The zero-order chi connectivity index (χ0) is 13.1. The van der Waals surface area contributed by atoms with Gasteiger partial charge in [-0.3, -0.25) is 0 Å². The lowest BCUT2D eigenvalue weighted by Gasteiger charge is -2.17. The van der Waals surface area contributed by atoms with Gasteiger partial charge in [-0.2, -0.15) is 5.10 Å². The van der Waals surface area contributed by atoms with E-state index in [0.29, 0.717) is 10.2 Å². The number of methoxy groups -OCH3 is 1. The van der Waals surface area contributed by atoms with Crippen molar-refractivity contribution in [2.45, 2.75) is 26.3 Å². The summed E-state index contributed by atoms with van der Waals surface area (Å²) in [5.74, 6) is 0.505. The van der Waals surface area contributed by atoms with Crippen LogP contribution in [0.25, 0.3) is 0 Å². The van der Waals surface area contributed by atoms with Crippen LogP contribution in [0.1, 0.15) is 26.3 Å². The molecule has 1 aromatic carbocycles. The monoisotopic (exact) mass is 336 g/mol. The van der Waals surface area contributed by atoms with Crippen LogP contribution in [0.3, 0.4) is 0 Å². The number of phenols is 1. The largest absolute Gasteiger partial charge is 0.503 e. The van der Waals surface area contributed by atoms with E-state index in [0.717, 1.165) is 5.56 Å². The first-order chi connectivity index (χ1) is 7.83. The van der Waals surface area contributed by atoms with Crippen LogP contribution < -0.4 is 10.2 Å². The number of hydrogen-bond acceptors (Lipinski definition) is 4. The van der Waals surface area contributed by atoms with Gasteiger partial charge in [-0.1, -0.05) is 0 Å². The van der Waals surface area contributed by atoms with Crippen LogP contribution in [0.15, 0.2) is 21.7 Å². The van der Waals surface area contributed by atoms with Gasteiger partial charge in [-0.05, 0) is 54.4 Å². The molecule has 0 saturated carbocycles. The minimum atomic E-state index is -0.0747. The molecule has 4 nitrogen and oxygen atoms in total. The molecular formula is C12H18BrClN2O2. The van der Waals surface area contributed by atoms with Crippen molar-refractivity contribution < 1.29 is 9.84 Å². The van der Waals surface area contributed by atoms with Gasteiger partial charge in [0.25, 0.3) is 0 Å². The second-order valence-corrected chi connectivity index (χ2v) is 5.53. The lowest BCUT2D eigenvalue weighted by Crippen LogP contribution is -2.31. The number of nitrogens with one attached hydrogen (secondary N) is 1. The molecule has 0 fully saturated rings. The molecule has 0 aliphatic heterocycles. The molecule has 0 atom stereocenters. The van der Waals surface area contributed by atoms with E-state index in [2.05, 4.69) is 26.5 Å². The molecule has 0 radical (unpaired) electrons. The Bertz CT molecular complexity index is 431. The third-order valence-corrected chi connectivity index (χ3v) is 2.49. The molecule has 18 heavy (non-hydrogen) atoms. The average molecular weight is 338 g/mol. The first kappa shape index (κ1) is 17.1. The van der Waals surface area contributed by atoms with Crippen molar-refractivity contribution in [3.8, 4) is 11.5 Å². The van der Waals surface area contributed by atoms with Gasteiger partial charge in [0, 0.05) is 5.54 Å². The van der Waals surface area contributed by atoms with Crippen molar-refractivity contribution in [1.82, 2.24) is 5.43 Å². The smallest absolute Gasteiger partial charge is 0.172 e. The highest BCUT2D eigenvalue weighted by Gasteiger charge is 2.08. The van der Waals surface area contributed by atoms with E-state index in [-0.39, 0.29) is 23.7 Å². The van der Waals surface area contributed by atoms with Crippen LogP contribution in [0.5, 0.6) is 11.5 Å². The summed E-state index contributed by atoms with van der Waals surface area (Å²) >= 11 is 3.26. The van der Waals surface area contributed by atoms with Crippen molar-refractivity contribution in [3.63, 3.8) is 0 Å². The SMILES string of the molecule is COc1cc(C=NNC(C)(C)C)cc(Br)c1O.Cl. The van der Waals surface area contributed by atoms with Crippen LogP contribution >= 0.6 is 28.3 Å². The van der Waals surface area contributed by atoms with Gasteiger partial charge < -0.3 is 15.3 Å². The summed E-state index contributed by atoms with van der Waals surface area (Å²) in [4.78, 5) is 0. The number of aromatic hydroxyl groups is 1. The van der Waals surface area contributed by atoms with Gasteiger partial charge in [0.2, 0.25) is 0 Å². The Morgan fingerprint density at radius 2 is 2.00 bits per heavy atom. The Balaban J connectivity index is 0.00000289. The molecule has 0 bridgehead atoms. The third-order valence-electron chi connectivity index (χ3n) is 1.88. The molecule has 0 heterocycles. The summed E-state index contributed by atoms with van der Waals surface area (Å²) in [7, 11) is 1.51. The van der Waals surface area contributed by atoms with Crippen LogP contribution in [0.2, 0.25) is 0 Å². The van der Waals surface area contributed by atoms with E-state index in [1.54, 1.807) is 18.3 Å². The van der Waals surface area contributed by atoms with Crippen molar-refractivity contribution >= 4 is 34.6 Å². The van der Waals surface area contributed by atoms with E-state index in [1.165, 1.54) is 7.11 Å². The summed E-state index contributed by atoms with van der Waals surface area (Å²) < 4.78 is 5.63. The van der Waals surface area contributed by atoms with Crippen LogP contribution in [0, 0.1) is 0 Å². The molecule has 1 aromatic rings. The molecule has 0 aliphatic rings. The highest BCUT2D eigenvalue weighted by molar-refractivity contribution is 9.10. The number of nitrogens with zero attached hydrogens (tertiary/aromatic N) is 1. The van der Waals surface area contributed by atoms with Gasteiger partial charge in [-0.25, -0.2) is 0 Å². The highest BCUT2D eigenvalue weighted by atomic mass is 79.9. The fourth-order valence-electron chi connectivity index (χ4n) is 1.12. The van der Waals surface area contributed by atoms with Crippen molar-refractivity contribution in [2.75, 3.05) is 7.11 Å². The van der Waals surface area contributed by atoms with Gasteiger partial charge in [0.15, 0.2) is 11.5 Å². The molecule has 6 heteroatoms. The Kier molecular flexibility index (Phi) is 6.49. The van der Waals surface area contributed by atoms with E-state index in [4.69, 9.17) is 4.74 Å². The molecule has 1 rings (SSSR count). The zero-order valence-corrected chi connectivity index (χ0v) is 13.2. The Hall–Kier alpha value is -0.940. The topological polar surface area (TPSA) is 53.8 Å². The standard InChI is InChI=1S/C12H17BrN2O2.ClH/c1-12(2,3)15-14-7-8-5-9(13)11(16)10(6-8)17-4;/h5-7,15-16H,1-4H3;1H. The van der Waals surface area contributed by atoms with E-state index >= 15 is 0 Å². The molecular weight excluding hydrogens is 320 g/mol. The number of phenolic OH excluding ortho intramolecular Hbond substituents is 1. The molecule has 0 spiro atoms. The Morgan fingerprint density at radius 3 is 2.50 bits per heavy atom. The number of hydrazone groups is 1. The van der Waals surface area contributed by atoms with Crippen molar-refractivity contribution in [3.05, 3.63) is 22.2 Å². The zero-order valence-electron chi connectivity index (χ0n) is 10.8. The number of halogens is 2. The predicted octanol–water partition coefficient (Wildman–Crippen LogP) is 3.31. The molecule has 0 saturated heterocycles. The molecule has 2 N–H and O–H groups in total. The van der Waals surface area contributed by atoms with Crippen LogP contribution in [-0.4, -0.2) is 24.0 Å². The Labute approximate surface area is 122 Å². The van der Waals surface area contributed by atoms with Crippen molar-refractivity contribution in [1.29, 1.82) is 0 Å². The van der Waals surface area contributed by atoms with Gasteiger partial charge in [0.05, 0.1) is 17.8 Å². The number of benzene rings is 1. The van der Waals surface area contributed by atoms with Crippen LogP contribution in [0.4, 0.5) is 0 Å². The summed E-state index contributed by atoms with van der Waals surface area (Å²) in [6.45, 7) is 6.08. The van der Waals surface area contributed by atoms with Crippen molar-refractivity contribution in [2.24, 2.45) is 5.10 Å². The minimum Gasteiger partial charge on any atom is -0.503 e. The number of hydrogen-bond donors (Lipinski definition) is 2. The van der Waals surface area contributed by atoms with E-state index < -0.39 is 0 Å².